The number of nitrogens with zero attached hydrogens (tertiary/aromatic N) is 4. The molecule has 1 aliphatic heterocycles. The second kappa shape index (κ2) is 6.79. The van der Waals surface area contributed by atoms with Crippen LogP contribution in [0.5, 0.6) is 0 Å². The van der Waals surface area contributed by atoms with Gasteiger partial charge in [-0.25, -0.2) is 4.98 Å². The Morgan fingerprint density at radius 3 is 2.85 bits per heavy atom. The van der Waals surface area contributed by atoms with Gasteiger partial charge in [0.15, 0.2) is 5.65 Å². The van der Waals surface area contributed by atoms with Crippen LogP contribution in [0.15, 0.2) is 29.3 Å². The van der Waals surface area contributed by atoms with Gasteiger partial charge in [-0.3, -0.25) is 14.3 Å². The molecule has 3 heterocycles. The van der Waals surface area contributed by atoms with E-state index >= 15 is 0 Å². The molecular weight excluding hydrogens is 374 g/mol. The fourth-order valence-electron chi connectivity index (χ4n) is 2.97. The number of ether oxygens (including phenoxy) is 1. The highest BCUT2D eigenvalue weighted by Gasteiger charge is 2.17. The molecule has 1 fully saturated rings. The zero-order valence-corrected chi connectivity index (χ0v) is 15.6. The molecule has 134 valence electrons. The first kappa shape index (κ1) is 17.1. The molecule has 4 rings (SSSR count). The molecule has 0 unspecified atom stereocenters. The standard InChI is InChI=1S/C17H16ClN5O2S/c1-10-11(18)3-2-4-12(10)23-9-19-14-13(16(23)26)15(24)21-17(20-14)22-5-7-25-8-6-22/h2-4,9H,5-8H2,1H3,(H,20,21,24). The molecule has 26 heavy (non-hydrogen) atoms. The van der Waals surface area contributed by atoms with Crippen molar-refractivity contribution in [3.05, 3.63) is 50.1 Å². The zero-order chi connectivity index (χ0) is 18.3. The number of nitrogens with one attached hydrogen (secondary N) is 1. The van der Waals surface area contributed by atoms with Crippen molar-refractivity contribution in [2.75, 3.05) is 31.2 Å². The molecule has 0 atom stereocenters. The molecule has 0 spiro atoms. The molecule has 9 heteroatoms. The summed E-state index contributed by atoms with van der Waals surface area (Å²) in [6.07, 6.45) is 1.58. The van der Waals surface area contributed by atoms with Gasteiger partial charge in [0.2, 0.25) is 5.95 Å². The molecule has 1 N–H and O–H groups in total. The summed E-state index contributed by atoms with van der Waals surface area (Å²) in [5, 5.41) is 0.915. The molecule has 3 aromatic rings. The Bertz CT molecular complexity index is 1100. The van der Waals surface area contributed by atoms with E-state index in [4.69, 9.17) is 28.6 Å². The molecule has 0 bridgehead atoms. The first-order chi connectivity index (χ1) is 12.6. The topological polar surface area (TPSA) is 76.0 Å². The van der Waals surface area contributed by atoms with Crippen LogP contribution < -0.4 is 10.5 Å². The van der Waals surface area contributed by atoms with Crippen LogP contribution in [0.4, 0.5) is 5.95 Å². The van der Waals surface area contributed by atoms with E-state index in [2.05, 4.69) is 15.0 Å². The number of halogens is 1. The maximum absolute atomic E-state index is 12.7. The van der Waals surface area contributed by atoms with Crippen molar-refractivity contribution >= 4 is 40.8 Å². The van der Waals surface area contributed by atoms with Gasteiger partial charge in [-0.2, -0.15) is 4.98 Å². The molecule has 1 saturated heterocycles. The second-order valence-electron chi connectivity index (χ2n) is 5.99. The minimum Gasteiger partial charge on any atom is -0.378 e. The van der Waals surface area contributed by atoms with E-state index in [1.54, 1.807) is 17.0 Å². The minimum atomic E-state index is -0.303. The maximum Gasteiger partial charge on any atom is 0.264 e. The SMILES string of the molecule is Cc1c(Cl)cccc1-n1cnc2nc(N3CCOCC3)[nH]c(=O)c2c1=S. The van der Waals surface area contributed by atoms with Gasteiger partial charge >= 0.3 is 0 Å². The fraction of sp³-hybridized carbons (Fsp3) is 0.294. The lowest BCUT2D eigenvalue weighted by atomic mass is 10.2. The van der Waals surface area contributed by atoms with Crippen molar-refractivity contribution in [2.24, 2.45) is 0 Å². The fourth-order valence-corrected chi connectivity index (χ4v) is 3.47. The van der Waals surface area contributed by atoms with Crippen molar-refractivity contribution in [2.45, 2.75) is 6.92 Å². The molecule has 1 aliphatic rings. The van der Waals surface area contributed by atoms with Crippen LogP contribution in [0.2, 0.25) is 5.02 Å². The number of morpholine rings is 1. The molecule has 0 saturated carbocycles. The zero-order valence-electron chi connectivity index (χ0n) is 14.0. The van der Waals surface area contributed by atoms with Crippen molar-refractivity contribution in [3.8, 4) is 5.69 Å². The van der Waals surface area contributed by atoms with E-state index < -0.39 is 0 Å². The van der Waals surface area contributed by atoms with Crippen LogP contribution in [-0.2, 0) is 4.74 Å². The Morgan fingerprint density at radius 2 is 2.08 bits per heavy atom. The number of anilines is 1. The highest BCUT2D eigenvalue weighted by Crippen LogP contribution is 2.23. The highest BCUT2D eigenvalue weighted by atomic mass is 35.5. The van der Waals surface area contributed by atoms with Crippen LogP contribution >= 0.6 is 23.8 Å². The molecule has 2 aromatic heterocycles. The summed E-state index contributed by atoms with van der Waals surface area (Å²) in [7, 11) is 0. The lowest BCUT2D eigenvalue weighted by Gasteiger charge is -2.27. The summed E-state index contributed by atoms with van der Waals surface area (Å²) in [6, 6.07) is 5.52. The molecule has 0 amide bonds. The van der Waals surface area contributed by atoms with Crippen LogP contribution in [0.3, 0.4) is 0 Å². The van der Waals surface area contributed by atoms with Gasteiger partial charge in [0.05, 0.1) is 18.9 Å². The average molecular weight is 390 g/mol. The van der Waals surface area contributed by atoms with Gasteiger partial charge in [-0.05, 0) is 24.6 Å². The third-order valence-electron chi connectivity index (χ3n) is 4.43. The predicted octanol–water partition coefficient (Wildman–Crippen LogP) is 2.64. The molecule has 0 aliphatic carbocycles. The monoisotopic (exact) mass is 389 g/mol. The van der Waals surface area contributed by atoms with Crippen LogP contribution in [0.1, 0.15) is 5.56 Å². The van der Waals surface area contributed by atoms with Crippen molar-refractivity contribution in [1.29, 1.82) is 0 Å². The van der Waals surface area contributed by atoms with Gasteiger partial charge in [-0.15, -0.1) is 0 Å². The van der Waals surface area contributed by atoms with Gasteiger partial charge in [-0.1, -0.05) is 29.9 Å². The predicted molar refractivity (Wildman–Crippen MR) is 103 cm³/mol. The molecule has 7 nitrogen and oxygen atoms in total. The van der Waals surface area contributed by atoms with E-state index in [-0.39, 0.29) is 5.56 Å². The number of aromatic nitrogens is 4. The Balaban J connectivity index is 1.88. The third kappa shape index (κ3) is 2.90. The quantitative estimate of drug-likeness (QED) is 0.679. The summed E-state index contributed by atoms with van der Waals surface area (Å²) in [5.74, 6) is 0.490. The molecular formula is C17H16ClN5O2S. The van der Waals surface area contributed by atoms with Gasteiger partial charge < -0.3 is 9.64 Å². The number of benzene rings is 1. The van der Waals surface area contributed by atoms with Gasteiger partial charge in [0.1, 0.15) is 16.4 Å². The van der Waals surface area contributed by atoms with Crippen molar-refractivity contribution < 1.29 is 4.74 Å². The summed E-state index contributed by atoms with van der Waals surface area (Å²) >= 11 is 11.8. The number of hydrogen-bond donors (Lipinski definition) is 1. The van der Waals surface area contributed by atoms with E-state index in [0.29, 0.717) is 52.9 Å². The maximum atomic E-state index is 12.7. The number of fused-ring (bicyclic) bond motifs is 1. The normalized spacial score (nSPS) is 14.8. The van der Waals surface area contributed by atoms with Gasteiger partial charge in [0.25, 0.3) is 5.56 Å². The van der Waals surface area contributed by atoms with Crippen LogP contribution in [-0.4, -0.2) is 45.8 Å². The summed E-state index contributed by atoms with van der Waals surface area (Å²) < 4.78 is 7.37. The van der Waals surface area contributed by atoms with Crippen LogP contribution in [0.25, 0.3) is 16.7 Å². The summed E-state index contributed by atoms with van der Waals surface area (Å²) in [6.45, 7) is 4.44. The Morgan fingerprint density at radius 1 is 1.31 bits per heavy atom. The van der Waals surface area contributed by atoms with Gasteiger partial charge in [0, 0.05) is 18.1 Å². The largest absolute Gasteiger partial charge is 0.378 e. The van der Waals surface area contributed by atoms with Crippen molar-refractivity contribution in [3.63, 3.8) is 0 Å². The summed E-state index contributed by atoms with van der Waals surface area (Å²) in [5.41, 5.74) is 1.67. The van der Waals surface area contributed by atoms with E-state index in [1.165, 1.54) is 0 Å². The van der Waals surface area contributed by atoms with Crippen molar-refractivity contribution in [1.82, 2.24) is 19.5 Å². The first-order valence-corrected chi connectivity index (χ1v) is 8.95. The average Bonchev–Trinajstić information content (AvgIpc) is 2.65. The Labute approximate surface area is 159 Å². The van der Waals surface area contributed by atoms with E-state index in [0.717, 1.165) is 11.3 Å². The Kier molecular flexibility index (Phi) is 4.47. The first-order valence-electron chi connectivity index (χ1n) is 8.16. The number of rotatable bonds is 2. The van der Waals surface area contributed by atoms with E-state index in [1.807, 2.05) is 24.0 Å². The van der Waals surface area contributed by atoms with Crippen LogP contribution in [0, 0.1) is 11.6 Å². The molecule has 0 radical (unpaired) electrons. The lowest BCUT2D eigenvalue weighted by molar-refractivity contribution is 0.122. The van der Waals surface area contributed by atoms with E-state index in [9.17, 15) is 4.79 Å². The summed E-state index contributed by atoms with van der Waals surface area (Å²) in [4.78, 5) is 26.4. The third-order valence-corrected chi connectivity index (χ3v) is 5.24. The molecule has 1 aromatic carbocycles. The number of aromatic amines is 1. The highest BCUT2D eigenvalue weighted by molar-refractivity contribution is 7.71. The number of H-pyrrole nitrogens is 1. The lowest BCUT2D eigenvalue weighted by Crippen LogP contribution is -2.38. The minimum absolute atomic E-state index is 0.291. The smallest absolute Gasteiger partial charge is 0.264 e. The second-order valence-corrected chi connectivity index (χ2v) is 6.79. The number of hydrogen-bond acceptors (Lipinski definition) is 6. The Hall–Kier alpha value is -2.29.